The van der Waals surface area contributed by atoms with E-state index >= 15 is 0 Å². The number of para-hydroxylation sites is 1. The van der Waals surface area contributed by atoms with E-state index in [1.807, 2.05) is 49.4 Å². The topological polar surface area (TPSA) is 18.5 Å². The summed E-state index contributed by atoms with van der Waals surface area (Å²) in [5, 5.41) is 0. The predicted octanol–water partition coefficient (Wildman–Crippen LogP) is 4.71. The van der Waals surface area contributed by atoms with Crippen molar-refractivity contribution in [3.63, 3.8) is 0 Å². The van der Waals surface area contributed by atoms with E-state index in [0.717, 1.165) is 28.2 Å². The second kappa shape index (κ2) is 7.34. The van der Waals surface area contributed by atoms with Gasteiger partial charge < -0.3 is 9.47 Å². The van der Waals surface area contributed by atoms with E-state index in [2.05, 4.69) is 24.3 Å². The van der Waals surface area contributed by atoms with Gasteiger partial charge in [0.1, 0.15) is 11.5 Å². The van der Waals surface area contributed by atoms with Crippen molar-refractivity contribution < 1.29 is 9.47 Å². The van der Waals surface area contributed by atoms with Gasteiger partial charge >= 0.3 is 0 Å². The van der Waals surface area contributed by atoms with Crippen LogP contribution in [0.1, 0.15) is 18.1 Å². The number of hydrogen-bond donors (Lipinski definition) is 0. The van der Waals surface area contributed by atoms with Crippen LogP contribution in [0.25, 0.3) is 5.57 Å². The van der Waals surface area contributed by atoms with Crippen LogP contribution in [0.3, 0.4) is 0 Å². The lowest BCUT2D eigenvalue weighted by atomic mass is 9.96. The Bertz CT molecular complexity index is 637. The number of hydrogen-bond acceptors (Lipinski definition) is 2. The summed E-state index contributed by atoms with van der Waals surface area (Å²) in [5.41, 5.74) is 3.31. The fraction of sp³-hybridized carbons (Fsp3) is 0.158. The van der Waals surface area contributed by atoms with E-state index < -0.39 is 0 Å². The molecular formula is C19H20O2. The fourth-order valence-electron chi connectivity index (χ4n) is 2.17. The summed E-state index contributed by atoms with van der Waals surface area (Å²) >= 11 is 0. The third kappa shape index (κ3) is 3.54. The summed E-state index contributed by atoms with van der Waals surface area (Å²) in [5.74, 6) is 1.72. The second-order valence-corrected chi connectivity index (χ2v) is 4.53. The van der Waals surface area contributed by atoms with Crippen LogP contribution in [0.5, 0.6) is 11.5 Å². The van der Waals surface area contributed by atoms with E-state index in [4.69, 9.17) is 9.47 Å². The van der Waals surface area contributed by atoms with E-state index in [-0.39, 0.29) is 0 Å². The molecule has 2 nitrogen and oxygen atoms in total. The van der Waals surface area contributed by atoms with E-state index in [1.165, 1.54) is 0 Å². The van der Waals surface area contributed by atoms with Gasteiger partial charge in [0.15, 0.2) is 0 Å². The first kappa shape index (κ1) is 14.9. The number of allylic oxidation sites excluding steroid dienone is 3. The molecule has 0 radical (unpaired) electrons. The Morgan fingerprint density at radius 3 is 2.24 bits per heavy atom. The zero-order valence-electron chi connectivity index (χ0n) is 12.7. The normalized spacial score (nSPS) is 11.7. The lowest BCUT2D eigenvalue weighted by Gasteiger charge is -2.12. The van der Waals surface area contributed by atoms with Gasteiger partial charge in [0.05, 0.1) is 14.2 Å². The van der Waals surface area contributed by atoms with E-state index in [1.54, 1.807) is 14.2 Å². The summed E-state index contributed by atoms with van der Waals surface area (Å²) in [7, 11) is 3.37. The van der Waals surface area contributed by atoms with Crippen LogP contribution in [0.15, 0.2) is 66.8 Å². The molecule has 0 saturated heterocycles. The molecule has 0 aliphatic rings. The van der Waals surface area contributed by atoms with Crippen LogP contribution in [0.2, 0.25) is 0 Å². The quantitative estimate of drug-likeness (QED) is 0.738. The van der Waals surface area contributed by atoms with Gasteiger partial charge in [0.25, 0.3) is 0 Å². The number of rotatable bonds is 5. The molecule has 0 N–H and O–H groups in total. The Kier molecular flexibility index (Phi) is 5.22. The molecule has 0 aliphatic carbocycles. The summed E-state index contributed by atoms with van der Waals surface area (Å²) in [6.45, 7) is 2.00. The first-order chi connectivity index (χ1) is 10.3. The van der Waals surface area contributed by atoms with Gasteiger partial charge in [0.2, 0.25) is 0 Å². The smallest absolute Gasteiger partial charge is 0.126 e. The average Bonchev–Trinajstić information content (AvgIpc) is 2.56. The monoisotopic (exact) mass is 280 g/mol. The largest absolute Gasteiger partial charge is 0.497 e. The minimum Gasteiger partial charge on any atom is -0.497 e. The maximum atomic E-state index is 5.48. The number of benzene rings is 2. The van der Waals surface area contributed by atoms with Gasteiger partial charge in [-0.1, -0.05) is 48.6 Å². The van der Waals surface area contributed by atoms with Crippen molar-refractivity contribution in [3.8, 4) is 11.5 Å². The highest BCUT2D eigenvalue weighted by molar-refractivity contribution is 5.83. The molecule has 0 atom stereocenters. The molecule has 0 unspecified atom stereocenters. The molecule has 0 heterocycles. The molecule has 0 aromatic heterocycles. The lowest BCUT2D eigenvalue weighted by molar-refractivity contribution is 0.413. The maximum absolute atomic E-state index is 5.48. The third-order valence-corrected chi connectivity index (χ3v) is 3.25. The molecule has 0 saturated carbocycles. The van der Waals surface area contributed by atoms with Gasteiger partial charge in [-0.05, 0) is 36.3 Å². The van der Waals surface area contributed by atoms with Crippen molar-refractivity contribution in [1.29, 1.82) is 0 Å². The molecule has 2 aromatic rings. The minimum absolute atomic E-state index is 0.851. The molecular weight excluding hydrogens is 260 g/mol. The van der Waals surface area contributed by atoms with Gasteiger partial charge in [-0.3, -0.25) is 0 Å². The highest BCUT2D eigenvalue weighted by Gasteiger charge is 2.09. The molecule has 0 spiro atoms. The van der Waals surface area contributed by atoms with Gasteiger partial charge in [-0.15, -0.1) is 0 Å². The molecule has 108 valence electrons. The van der Waals surface area contributed by atoms with Crippen molar-refractivity contribution >= 4 is 5.57 Å². The Morgan fingerprint density at radius 1 is 0.905 bits per heavy atom. The molecule has 0 fully saturated rings. The Balaban J connectivity index is 2.52. The number of methoxy groups -OCH3 is 2. The highest BCUT2D eigenvalue weighted by Crippen LogP contribution is 2.31. The van der Waals surface area contributed by atoms with Crippen LogP contribution in [0, 0.1) is 0 Å². The zero-order valence-corrected chi connectivity index (χ0v) is 12.7. The lowest BCUT2D eigenvalue weighted by Crippen LogP contribution is -1.93. The molecule has 2 heteroatoms. The molecule has 0 aliphatic heterocycles. The average molecular weight is 280 g/mol. The van der Waals surface area contributed by atoms with Crippen molar-refractivity contribution in [3.05, 3.63) is 77.9 Å². The summed E-state index contributed by atoms with van der Waals surface area (Å²) in [6.07, 6.45) is 6.14. The van der Waals surface area contributed by atoms with Gasteiger partial charge in [0, 0.05) is 5.56 Å². The Labute approximate surface area is 126 Å². The summed E-state index contributed by atoms with van der Waals surface area (Å²) in [6, 6.07) is 16.1. The summed E-state index contributed by atoms with van der Waals surface area (Å²) in [4.78, 5) is 0. The Hall–Kier alpha value is -2.48. The van der Waals surface area contributed by atoms with Crippen molar-refractivity contribution in [1.82, 2.24) is 0 Å². The molecule has 0 amide bonds. The second-order valence-electron chi connectivity index (χ2n) is 4.53. The first-order valence-corrected chi connectivity index (χ1v) is 6.91. The molecule has 21 heavy (non-hydrogen) atoms. The fourth-order valence-corrected chi connectivity index (χ4v) is 2.17. The van der Waals surface area contributed by atoms with Crippen molar-refractivity contribution in [2.75, 3.05) is 14.2 Å². The SMILES string of the molecule is C/C=C/C=C(\c1ccc(OC)cc1)c1ccccc1OC. The van der Waals surface area contributed by atoms with E-state index in [0.29, 0.717) is 0 Å². The molecule has 0 bridgehead atoms. The predicted molar refractivity (Wildman–Crippen MR) is 87.9 cm³/mol. The van der Waals surface area contributed by atoms with E-state index in [9.17, 15) is 0 Å². The van der Waals surface area contributed by atoms with Gasteiger partial charge in [-0.25, -0.2) is 0 Å². The minimum atomic E-state index is 0.851. The maximum Gasteiger partial charge on any atom is 0.126 e. The standard InChI is InChI=1S/C19H20O2/c1-4-5-8-17(15-11-13-16(20-2)14-12-15)18-9-6-7-10-19(18)21-3/h4-14H,1-3H3/b5-4+,17-8+. The highest BCUT2D eigenvalue weighted by atomic mass is 16.5. The van der Waals surface area contributed by atoms with Gasteiger partial charge in [-0.2, -0.15) is 0 Å². The van der Waals surface area contributed by atoms with Crippen LogP contribution in [-0.2, 0) is 0 Å². The number of ether oxygens (including phenoxy) is 2. The molecule has 2 aromatic carbocycles. The third-order valence-electron chi connectivity index (χ3n) is 3.25. The molecule has 2 rings (SSSR count). The van der Waals surface area contributed by atoms with Crippen LogP contribution >= 0.6 is 0 Å². The van der Waals surface area contributed by atoms with Crippen molar-refractivity contribution in [2.24, 2.45) is 0 Å². The zero-order chi connectivity index (χ0) is 15.1. The van der Waals surface area contributed by atoms with Crippen LogP contribution in [0.4, 0.5) is 0 Å². The first-order valence-electron chi connectivity index (χ1n) is 6.91. The summed E-state index contributed by atoms with van der Waals surface area (Å²) < 4.78 is 10.7. The van der Waals surface area contributed by atoms with Crippen LogP contribution < -0.4 is 9.47 Å². The van der Waals surface area contributed by atoms with Crippen molar-refractivity contribution in [2.45, 2.75) is 6.92 Å². The Morgan fingerprint density at radius 2 is 1.62 bits per heavy atom. The van der Waals surface area contributed by atoms with Crippen LogP contribution in [-0.4, -0.2) is 14.2 Å².